The lowest BCUT2D eigenvalue weighted by atomic mass is 10.4. The summed E-state index contributed by atoms with van der Waals surface area (Å²) in [4.78, 5) is 3.59. The van der Waals surface area contributed by atoms with Crippen molar-refractivity contribution in [1.82, 2.24) is 4.90 Å². The van der Waals surface area contributed by atoms with E-state index < -0.39 is 0 Å². The Morgan fingerprint density at radius 1 is 1.55 bits per heavy atom. The van der Waals surface area contributed by atoms with Crippen LogP contribution in [0, 0.1) is 0 Å². The van der Waals surface area contributed by atoms with Crippen molar-refractivity contribution < 1.29 is 0 Å². The van der Waals surface area contributed by atoms with Gasteiger partial charge in [-0.25, -0.2) is 0 Å². The molecule has 0 bridgehead atoms. The van der Waals surface area contributed by atoms with Gasteiger partial charge in [-0.1, -0.05) is 6.92 Å². The maximum atomic E-state index is 5.60. The molecule has 62 valence electrons. The van der Waals surface area contributed by atoms with E-state index in [4.69, 9.17) is 5.73 Å². The molecule has 0 aromatic carbocycles. The SMILES string of the molecule is CCN(C)Cc1ccc(N)s1. The van der Waals surface area contributed by atoms with Crippen molar-refractivity contribution >= 4 is 16.3 Å². The standard InChI is InChI=1S/C8H14N2S/c1-3-10(2)6-7-4-5-8(9)11-7/h4-5H,3,6,9H2,1-2H3. The molecule has 0 aliphatic rings. The fourth-order valence-electron chi connectivity index (χ4n) is 0.857. The van der Waals surface area contributed by atoms with Crippen molar-refractivity contribution in [2.45, 2.75) is 13.5 Å². The summed E-state index contributed by atoms with van der Waals surface area (Å²) in [5.74, 6) is 0. The molecule has 0 aliphatic carbocycles. The molecule has 2 nitrogen and oxygen atoms in total. The molecule has 2 N–H and O–H groups in total. The first-order valence-corrected chi connectivity index (χ1v) is 4.56. The largest absolute Gasteiger partial charge is 0.391 e. The van der Waals surface area contributed by atoms with Crippen LogP contribution in [0.2, 0.25) is 0 Å². The molecule has 0 radical (unpaired) electrons. The first-order valence-electron chi connectivity index (χ1n) is 3.75. The summed E-state index contributed by atoms with van der Waals surface area (Å²) in [6.07, 6.45) is 0. The van der Waals surface area contributed by atoms with Crippen LogP contribution in [0.5, 0.6) is 0 Å². The number of hydrogen-bond acceptors (Lipinski definition) is 3. The van der Waals surface area contributed by atoms with Crippen LogP contribution in [-0.4, -0.2) is 18.5 Å². The van der Waals surface area contributed by atoms with Crippen LogP contribution in [0.1, 0.15) is 11.8 Å². The third kappa shape index (κ3) is 2.52. The Hall–Kier alpha value is -0.540. The Balaban J connectivity index is 2.50. The molecule has 0 spiro atoms. The zero-order valence-electron chi connectivity index (χ0n) is 7.00. The van der Waals surface area contributed by atoms with Crippen molar-refractivity contribution in [2.24, 2.45) is 0 Å². The lowest BCUT2D eigenvalue weighted by Crippen LogP contribution is -2.15. The number of nitrogens with zero attached hydrogens (tertiary/aromatic N) is 1. The average Bonchev–Trinajstić information content (AvgIpc) is 2.35. The van der Waals surface area contributed by atoms with Gasteiger partial charge in [0.1, 0.15) is 0 Å². The Morgan fingerprint density at radius 3 is 2.73 bits per heavy atom. The van der Waals surface area contributed by atoms with E-state index in [-0.39, 0.29) is 0 Å². The molecule has 0 aliphatic heterocycles. The van der Waals surface area contributed by atoms with Gasteiger partial charge in [0.2, 0.25) is 0 Å². The van der Waals surface area contributed by atoms with Gasteiger partial charge in [0.25, 0.3) is 0 Å². The van der Waals surface area contributed by atoms with Gasteiger partial charge in [0.05, 0.1) is 5.00 Å². The van der Waals surface area contributed by atoms with E-state index in [1.54, 1.807) is 11.3 Å². The Labute approximate surface area is 71.6 Å². The van der Waals surface area contributed by atoms with Gasteiger partial charge < -0.3 is 10.6 Å². The van der Waals surface area contributed by atoms with Crippen LogP contribution in [0.15, 0.2) is 12.1 Å². The quantitative estimate of drug-likeness (QED) is 0.749. The number of nitrogens with two attached hydrogens (primary N) is 1. The summed E-state index contributed by atoms with van der Waals surface area (Å²) in [5, 5.41) is 0.907. The second-order valence-corrected chi connectivity index (χ2v) is 3.83. The van der Waals surface area contributed by atoms with Gasteiger partial charge in [-0.05, 0) is 25.7 Å². The zero-order valence-corrected chi connectivity index (χ0v) is 7.82. The molecule has 1 aromatic rings. The first kappa shape index (κ1) is 8.56. The molecule has 3 heteroatoms. The maximum absolute atomic E-state index is 5.60. The highest BCUT2D eigenvalue weighted by molar-refractivity contribution is 7.15. The predicted molar refractivity (Wildman–Crippen MR) is 50.7 cm³/mol. The molecule has 1 aromatic heterocycles. The third-order valence-corrected chi connectivity index (χ3v) is 2.55. The van der Waals surface area contributed by atoms with E-state index in [0.29, 0.717) is 0 Å². The second-order valence-electron chi connectivity index (χ2n) is 2.63. The summed E-state index contributed by atoms with van der Waals surface area (Å²) in [5.41, 5.74) is 5.60. The summed E-state index contributed by atoms with van der Waals surface area (Å²) in [6.45, 7) is 4.24. The summed E-state index contributed by atoms with van der Waals surface area (Å²) in [7, 11) is 2.11. The smallest absolute Gasteiger partial charge is 0.0859 e. The van der Waals surface area contributed by atoms with Crippen molar-refractivity contribution in [3.8, 4) is 0 Å². The number of nitrogen functional groups attached to an aromatic ring is 1. The normalized spacial score (nSPS) is 10.8. The Morgan fingerprint density at radius 2 is 2.27 bits per heavy atom. The fourth-order valence-corrected chi connectivity index (χ4v) is 1.72. The van der Waals surface area contributed by atoms with E-state index in [1.165, 1.54) is 4.88 Å². The van der Waals surface area contributed by atoms with Gasteiger partial charge in [-0.15, -0.1) is 11.3 Å². The van der Waals surface area contributed by atoms with E-state index in [1.807, 2.05) is 6.07 Å². The molecule has 0 fully saturated rings. The van der Waals surface area contributed by atoms with E-state index in [9.17, 15) is 0 Å². The molecule has 1 rings (SSSR count). The van der Waals surface area contributed by atoms with Crippen LogP contribution in [0.25, 0.3) is 0 Å². The van der Waals surface area contributed by atoms with Gasteiger partial charge in [0, 0.05) is 11.4 Å². The number of hydrogen-bond donors (Lipinski definition) is 1. The average molecular weight is 170 g/mol. The van der Waals surface area contributed by atoms with E-state index in [2.05, 4.69) is 24.9 Å². The van der Waals surface area contributed by atoms with Crippen LogP contribution in [-0.2, 0) is 6.54 Å². The summed E-state index contributed by atoms with van der Waals surface area (Å²) in [6, 6.07) is 4.05. The van der Waals surface area contributed by atoms with E-state index in [0.717, 1.165) is 18.1 Å². The van der Waals surface area contributed by atoms with Crippen molar-refractivity contribution in [3.63, 3.8) is 0 Å². The molecule has 0 atom stereocenters. The minimum absolute atomic E-state index is 0.907. The lowest BCUT2D eigenvalue weighted by molar-refractivity contribution is 0.349. The highest BCUT2D eigenvalue weighted by atomic mass is 32.1. The number of rotatable bonds is 3. The molecule has 0 unspecified atom stereocenters. The van der Waals surface area contributed by atoms with Gasteiger partial charge >= 0.3 is 0 Å². The highest BCUT2D eigenvalue weighted by Gasteiger charge is 1.99. The minimum atomic E-state index is 0.907. The molecule has 0 amide bonds. The maximum Gasteiger partial charge on any atom is 0.0859 e. The summed E-state index contributed by atoms with van der Waals surface area (Å²) >= 11 is 1.67. The molecule has 1 heterocycles. The van der Waals surface area contributed by atoms with Gasteiger partial charge in [0.15, 0.2) is 0 Å². The third-order valence-electron chi connectivity index (χ3n) is 1.65. The monoisotopic (exact) mass is 170 g/mol. The Bertz CT molecular complexity index is 220. The van der Waals surface area contributed by atoms with Crippen LogP contribution >= 0.6 is 11.3 Å². The fraction of sp³-hybridized carbons (Fsp3) is 0.500. The zero-order chi connectivity index (χ0) is 8.27. The van der Waals surface area contributed by atoms with Crippen LogP contribution < -0.4 is 5.73 Å². The molecule has 0 saturated heterocycles. The van der Waals surface area contributed by atoms with Crippen LogP contribution in [0.4, 0.5) is 5.00 Å². The Kier molecular flexibility index (Phi) is 2.91. The van der Waals surface area contributed by atoms with Crippen molar-refractivity contribution in [3.05, 3.63) is 17.0 Å². The topological polar surface area (TPSA) is 29.3 Å². The molecule has 11 heavy (non-hydrogen) atoms. The predicted octanol–water partition coefficient (Wildman–Crippen LogP) is 1.78. The minimum Gasteiger partial charge on any atom is -0.391 e. The first-order chi connectivity index (χ1) is 5.22. The molecule has 0 saturated carbocycles. The van der Waals surface area contributed by atoms with Crippen molar-refractivity contribution in [1.29, 1.82) is 0 Å². The van der Waals surface area contributed by atoms with Gasteiger partial charge in [-0.2, -0.15) is 0 Å². The van der Waals surface area contributed by atoms with Gasteiger partial charge in [-0.3, -0.25) is 0 Å². The van der Waals surface area contributed by atoms with Crippen LogP contribution in [0.3, 0.4) is 0 Å². The second kappa shape index (κ2) is 3.74. The summed E-state index contributed by atoms with van der Waals surface area (Å²) < 4.78 is 0. The van der Waals surface area contributed by atoms with Crippen molar-refractivity contribution in [2.75, 3.05) is 19.3 Å². The molecular weight excluding hydrogens is 156 g/mol. The van der Waals surface area contributed by atoms with E-state index >= 15 is 0 Å². The number of thiophene rings is 1. The molecular formula is C8H14N2S. The lowest BCUT2D eigenvalue weighted by Gasteiger charge is -2.11. The number of anilines is 1. The highest BCUT2D eigenvalue weighted by Crippen LogP contribution is 2.18.